The molecule has 1 amide bonds. The van der Waals surface area contributed by atoms with Crippen LogP contribution in [0.4, 0.5) is 5.69 Å². The molecule has 0 radical (unpaired) electrons. The summed E-state index contributed by atoms with van der Waals surface area (Å²) in [5.41, 5.74) is 2.10. The van der Waals surface area contributed by atoms with Crippen LogP contribution in [0.15, 0.2) is 24.3 Å². The van der Waals surface area contributed by atoms with Gasteiger partial charge in [0, 0.05) is 24.7 Å². The van der Waals surface area contributed by atoms with Gasteiger partial charge in [0.1, 0.15) is 0 Å². The summed E-state index contributed by atoms with van der Waals surface area (Å²) in [4.78, 5) is 26.1. The highest BCUT2D eigenvalue weighted by molar-refractivity contribution is 5.92. The number of anilines is 1. The molecular formula is C25H38N2O3. The fourth-order valence-electron chi connectivity index (χ4n) is 4.95. The molecule has 1 aliphatic carbocycles. The topological polar surface area (TPSA) is 69.6 Å². The van der Waals surface area contributed by atoms with Crippen LogP contribution in [-0.2, 0) is 16.0 Å². The number of carboxylic acid groups (broad SMARTS) is 1. The van der Waals surface area contributed by atoms with Gasteiger partial charge in [0.05, 0.1) is 5.92 Å². The van der Waals surface area contributed by atoms with E-state index in [2.05, 4.69) is 29.3 Å². The number of amides is 1. The molecule has 1 atom stereocenters. The molecule has 1 aromatic carbocycles. The van der Waals surface area contributed by atoms with E-state index in [0.29, 0.717) is 6.54 Å². The molecule has 1 saturated carbocycles. The molecule has 2 aliphatic rings. The molecule has 5 nitrogen and oxygen atoms in total. The van der Waals surface area contributed by atoms with Crippen molar-refractivity contribution in [2.24, 2.45) is 17.8 Å². The van der Waals surface area contributed by atoms with E-state index in [1.165, 1.54) is 37.7 Å². The maximum Gasteiger partial charge on any atom is 0.307 e. The second-order valence-electron chi connectivity index (χ2n) is 9.27. The number of nitrogens with zero attached hydrogens (tertiary/aromatic N) is 1. The molecule has 0 bridgehead atoms. The first-order valence-corrected chi connectivity index (χ1v) is 11.9. The zero-order valence-corrected chi connectivity index (χ0v) is 18.4. The van der Waals surface area contributed by atoms with E-state index < -0.39 is 5.97 Å². The Kier molecular flexibility index (Phi) is 8.74. The van der Waals surface area contributed by atoms with Gasteiger partial charge < -0.3 is 15.3 Å². The van der Waals surface area contributed by atoms with Crippen molar-refractivity contribution in [1.29, 1.82) is 0 Å². The lowest BCUT2D eigenvalue weighted by Crippen LogP contribution is -2.39. The predicted molar refractivity (Wildman–Crippen MR) is 121 cm³/mol. The number of rotatable bonds is 9. The summed E-state index contributed by atoms with van der Waals surface area (Å²) >= 11 is 0. The molecule has 0 aromatic heterocycles. The van der Waals surface area contributed by atoms with Gasteiger partial charge in [-0.15, -0.1) is 0 Å². The Bertz CT molecular complexity index is 680. The van der Waals surface area contributed by atoms with Crippen molar-refractivity contribution in [3.63, 3.8) is 0 Å². The zero-order valence-electron chi connectivity index (χ0n) is 18.4. The molecule has 1 heterocycles. The predicted octanol–water partition coefficient (Wildman–Crippen LogP) is 4.96. The maximum absolute atomic E-state index is 12.6. The lowest BCUT2D eigenvalue weighted by molar-refractivity contribution is -0.143. The molecule has 3 rings (SSSR count). The second kappa shape index (κ2) is 11.5. The number of carbonyl (C=O) groups excluding carboxylic acids is 1. The third-order valence-electron chi connectivity index (χ3n) is 6.98. The quantitative estimate of drug-likeness (QED) is 0.599. The number of hydrogen-bond acceptors (Lipinski definition) is 3. The Morgan fingerprint density at radius 3 is 2.47 bits per heavy atom. The summed E-state index contributed by atoms with van der Waals surface area (Å²) in [6, 6.07) is 8.15. The van der Waals surface area contributed by atoms with Gasteiger partial charge in [0.15, 0.2) is 0 Å². The van der Waals surface area contributed by atoms with Gasteiger partial charge >= 0.3 is 5.97 Å². The largest absolute Gasteiger partial charge is 0.481 e. The van der Waals surface area contributed by atoms with E-state index in [1.54, 1.807) is 0 Å². The summed E-state index contributed by atoms with van der Waals surface area (Å²) in [6.45, 7) is 4.77. The number of likely N-dealkylation sites (tertiary alicyclic amines) is 1. The van der Waals surface area contributed by atoms with Gasteiger partial charge in [-0.2, -0.15) is 0 Å². The van der Waals surface area contributed by atoms with Crippen molar-refractivity contribution >= 4 is 17.6 Å². The van der Waals surface area contributed by atoms with Crippen molar-refractivity contribution in [2.45, 2.75) is 71.1 Å². The van der Waals surface area contributed by atoms with Crippen LogP contribution in [0.2, 0.25) is 0 Å². The number of carboxylic acids is 1. The maximum atomic E-state index is 12.6. The summed E-state index contributed by atoms with van der Waals surface area (Å²) in [5, 5.41) is 12.3. The highest BCUT2D eigenvalue weighted by Crippen LogP contribution is 2.32. The van der Waals surface area contributed by atoms with Crippen LogP contribution >= 0.6 is 0 Å². The molecule has 1 saturated heterocycles. The number of carbonyl (C=O) groups is 2. The summed E-state index contributed by atoms with van der Waals surface area (Å²) in [7, 11) is 0. The Morgan fingerprint density at radius 1 is 1.07 bits per heavy atom. The molecule has 1 unspecified atom stereocenters. The standard InChI is InChI=1S/C25H38N2O3/c1-2-3-5-19-7-11-21(12-8-19)24(28)26-23-13-9-20(10-14-23)15-17-27-16-4-6-22(18-27)25(29)30/h9-10,13-14,19,21-22H,2-8,11-12,15-18H2,1H3,(H,26,28)(H,29,30). The van der Waals surface area contributed by atoms with E-state index in [4.69, 9.17) is 0 Å². The fraction of sp³-hybridized carbons (Fsp3) is 0.680. The Morgan fingerprint density at radius 2 is 1.80 bits per heavy atom. The molecule has 0 spiro atoms. The van der Waals surface area contributed by atoms with Gasteiger partial charge in [-0.3, -0.25) is 9.59 Å². The normalized spacial score (nSPS) is 25.0. The first-order chi connectivity index (χ1) is 14.5. The number of nitrogens with one attached hydrogen (secondary N) is 1. The third kappa shape index (κ3) is 6.83. The Hall–Kier alpha value is -1.88. The van der Waals surface area contributed by atoms with Gasteiger partial charge in [0.2, 0.25) is 5.91 Å². The molecule has 166 valence electrons. The first kappa shape index (κ1) is 22.8. The van der Waals surface area contributed by atoms with E-state index in [0.717, 1.165) is 56.8 Å². The first-order valence-electron chi connectivity index (χ1n) is 11.9. The average molecular weight is 415 g/mol. The number of piperidine rings is 1. The SMILES string of the molecule is CCCCC1CCC(C(=O)Nc2ccc(CCN3CCCC(C(=O)O)C3)cc2)CC1. The highest BCUT2D eigenvalue weighted by Gasteiger charge is 2.26. The van der Waals surface area contributed by atoms with Crippen molar-refractivity contribution < 1.29 is 14.7 Å². The lowest BCUT2D eigenvalue weighted by atomic mass is 9.79. The van der Waals surface area contributed by atoms with Crippen molar-refractivity contribution in [1.82, 2.24) is 4.90 Å². The molecule has 2 fully saturated rings. The number of benzene rings is 1. The molecule has 5 heteroatoms. The summed E-state index contributed by atoms with van der Waals surface area (Å²) in [5.74, 6) is 0.250. The van der Waals surface area contributed by atoms with Crippen molar-refractivity contribution in [3.8, 4) is 0 Å². The monoisotopic (exact) mass is 414 g/mol. The van der Waals surface area contributed by atoms with Gasteiger partial charge in [-0.05, 0) is 75.1 Å². The number of unbranched alkanes of at least 4 members (excludes halogenated alkanes) is 1. The van der Waals surface area contributed by atoms with E-state index in [1.807, 2.05) is 12.1 Å². The third-order valence-corrected chi connectivity index (χ3v) is 6.98. The van der Waals surface area contributed by atoms with Crippen molar-refractivity contribution in [3.05, 3.63) is 29.8 Å². The van der Waals surface area contributed by atoms with E-state index in [9.17, 15) is 14.7 Å². The minimum Gasteiger partial charge on any atom is -0.481 e. The zero-order chi connectivity index (χ0) is 21.3. The molecule has 2 N–H and O–H groups in total. The molecule has 1 aromatic rings. The van der Waals surface area contributed by atoms with Gasteiger partial charge in [0.25, 0.3) is 0 Å². The smallest absolute Gasteiger partial charge is 0.307 e. The molecular weight excluding hydrogens is 376 g/mol. The van der Waals surface area contributed by atoms with Crippen LogP contribution in [-0.4, -0.2) is 41.5 Å². The molecule has 30 heavy (non-hydrogen) atoms. The summed E-state index contributed by atoms with van der Waals surface area (Å²) in [6.07, 6.45) is 11.0. The molecule has 1 aliphatic heterocycles. The number of aliphatic carboxylic acids is 1. The van der Waals surface area contributed by atoms with Crippen LogP contribution in [0.5, 0.6) is 0 Å². The number of hydrogen-bond donors (Lipinski definition) is 2. The minimum absolute atomic E-state index is 0.156. The van der Waals surface area contributed by atoms with E-state index >= 15 is 0 Å². The van der Waals surface area contributed by atoms with Crippen LogP contribution in [0.3, 0.4) is 0 Å². The average Bonchev–Trinajstić information content (AvgIpc) is 2.77. The van der Waals surface area contributed by atoms with Crippen LogP contribution < -0.4 is 5.32 Å². The summed E-state index contributed by atoms with van der Waals surface area (Å²) < 4.78 is 0. The Balaban J connectivity index is 1.40. The van der Waals surface area contributed by atoms with Gasteiger partial charge in [-0.25, -0.2) is 0 Å². The van der Waals surface area contributed by atoms with Crippen LogP contribution in [0.1, 0.15) is 70.3 Å². The fourth-order valence-corrected chi connectivity index (χ4v) is 4.95. The van der Waals surface area contributed by atoms with Gasteiger partial charge in [-0.1, -0.05) is 38.3 Å². The highest BCUT2D eigenvalue weighted by atomic mass is 16.4. The Labute approximate surface area is 181 Å². The van der Waals surface area contributed by atoms with Crippen LogP contribution in [0, 0.1) is 17.8 Å². The van der Waals surface area contributed by atoms with E-state index in [-0.39, 0.29) is 17.7 Å². The minimum atomic E-state index is -0.672. The van der Waals surface area contributed by atoms with Crippen LogP contribution in [0.25, 0.3) is 0 Å². The lowest BCUT2D eigenvalue weighted by Gasteiger charge is -2.30. The second-order valence-corrected chi connectivity index (χ2v) is 9.27. The van der Waals surface area contributed by atoms with Crippen molar-refractivity contribution in [2.75, 3.05) is 25.0 Å².